The number of carbonyl (C=O) groups is 1. The number of amides is 1. The van der Waals surface area contributed by atoms with Crippen molar-refractivity contribution in [3.05, 3.63) is 117 Å². The van der Waals surface area contributed by atoms with Crippen LogP contribution in [-0.2, 0) is 13.1 Å². The second-order valence-electron chi connectivity index (χ2n) is 7.53. The summed E-state index contributed by atoms with van der Waals surface area (Å²) in [6.45, 7) is 2.84. The molecular formula is C26H21N3O2. The minimum atomic E-state index is -0.218. The average Bonchev–Trinajstić information content (AvgIpc) is 2.80. The van der Waals surface area contributed by atoms with Crippen molar-refractivity contribution in [3.63, 3.8) is 0 Å². The van der Waals surface area contributed by atoms with Gasteiger partial charge in [0.25, 0.3) is 11.5 Å². The molecule has 1 aromatic heterocycles. The highest BCUT2D eigenvalue weighted by molar-refractivity contribution is 5.98. The molecule has 0 bridgehead atoms. The van der Waals surface area contributed by atoms with Crippen molar-refractivity contribution in [2.75, 3.05) is 0 Å². The Morgan fingerprint density at radius 2 is 1.68 bits per heavy atom. The Labute approximate surface area is 180 Å². The second kappa shape index (κ2) is 8.68. The number of benzene rings is 3. The topological polar surface area (TPSA) is 74.9 Å². The third-order valence-electron chi connectivity index (χ3n) is 5.25. The maximum atomic E-state index is 13.0. The molecule has 0 saturated carbocycles. The summed E-state index contributed by atoms with van der Waals surface area (Å²) in [4.78, 5) is 25.7. The van der Waals surface area contributed by atoms with Crippen molar-refractivity contribution in [1.82, 2.24) is 9.88 Å². The summed E-state index contributed by atoms with van der Waals surface area (Å²) in [5.41, 5.74) is 3.98. The number of nitrogens with zero attached hydrogens (tertiary/aromatic N) is 2. The maximum absolute atomic E-state index is 13.0. The van der Waals surface area contributed by atoms with Crippen LogP contribution in [0.5, 0.6) is 0 Å². The third kappa shape index (κ3) is 4.54. The molecule has 1 heterocycles. The number of nitriles is 1. The van der Waals surface area contributed by atoms with Gasteiger partial charge in [-0.2, -0.15) is 5.26 Å². The third-order valence-corrected chi connectivity index (χ3v) is 5.25. The standard InChI is InChI=1S/C26H21N3O2/c1-18-2-4-20(5-3-18)16-28-25(30)23-11-10-22-12-13-29(26(31)24(22)14-23)17-21-8-6-19(15-27)7-9-21/h2-14H,16-17H2,1H3,(H,28,30). The van der Waals surface area contributed by atoms with Gasteiger partial charge in [0.05, 0.1) is 18.2 Å². The quantitative estimate of drug-likeness (QED) is 0.540. The zero-order valence-corrected chi connectivity index (χ0v) is 17.1. The van der Waals surface area contributed by atoms with Gasteiger partial charge in [0.1, 0.15) is 0 Å². The van der Waals surface area contributed by atoms with E-state index in [2.05, 4.69) is 11.4 Å². The number of rotatable bonds is 5. The van der Waals surface area contributed by atoms with Crippen LogP contribution in [0.25, 0.3) is 10.8 Å². The number of hydrogen-bond donors (Lipinski definition) is 1. The number of hydrogen-bond acceptors (Lipinski definition) is 3. The fourth-order valence-corrected chi connectivity index (χ4v) is 3.42. The number of aryl methyl sites for hydroxylation is 1. The van der Waals surface area contributed by atoms with Crippen molar-refractivity contribution >= 4 is 16.7 Å². The molecule has 0 unspecified atom stereocenters. The first-order chi connectivity index (χ1) is 15.0. The molecule has 152 valence electrons. The smallest absolute Gasteiger partial charge is 0.258 e. The first kappa shape index (κ1) is 20.1. The Morgan fingerprint density at radius 1 is 0.968 bits per heavy atom. The van der Waals surface area contributed by atoms with E-state index >= 15 is 0 Å². The molecule has 1 amide bonds. The minimum absolute atomic E-state index is 0.157. The molecule has 4 aromatic rings. The van der Waals surface area contributed by atoms with Crippen molar-refractivity contribution in [2.24, 2.45) is 0 Å². The Morgan fingerprint density at radius 3 is 2.39 bits per heavy atom. The Balaban J connectivity index is 1.56. The van der Waals surface area contributed by atoms with Crippen LogP contribution < -0.4 is 10.9 Å². The van der Waals surface area contributed by atoms with Gasteiger partial charge in [0.15, 0.2) is 0 Å². The summed E-state index contributed by atoms with van der Waals surface area (Å²) in [5, 5.41) is 13.1. The molecule has 5 nitrogen and oxygen atoms in total. The Bertz CT molecular complexity index is 1350. The summed E-state index contributed by atoms with van der Waals surface area (Å²) in [6.07, 6.45) is 1.75. The van der Waals surface area contributed by atoms with Crippen LogP contribution in [0.4, 0.5) is 0 Å². The fraction of sp³-hybridized carbons (Fsp3) is 0.115. The van der Waals surface area contributed by atoms with Crippen molar-refractivity contribution in [1.29, 1.82) is 5.26 Å². The van der Waals surface area contributed by atoms with E-state index in [1.807, 2.05) is 49.4 Å². The zero-order valence-electron chi connectivity index (χ0n) is 17.1. The predicted molar refractivity (Wildman–Crippen MR) is 121 cm³/mol. The van der Waals surface area contributed by atoms with Crippen LogP contribution in [0.1, 0.15) is 32.6 Å². The normalized spacial score (nSPS) is 10.6. The number of fused-ring (bicyclic) bond motifs is 1. The molecular weight excluding hydrogens is 386 g/mol. The lowest BCUT2D eigenvalue weighted by Crippen LogP contribution is -2.24. The SMILES string of the molecule is Cc1ccc(CNC(=O)c2ccc3ccn(Cc4ccc(C#N)cc4)c(=O)c3c2)cc1. The van der Waals surface area contributed by atoms with E-state index in [0.717, 1.165) is 16.5 Å². The van der Waals surface area contributed by atoms with E-state index in [1.54, 1.807) is 41.1 Å². The van der Waals surface area contributed by atoms with Crippen LogP contribution in [0.3, 0.4) is 0 Å². The monoisotopic (exact) mass is 407 g/mol. The fourth-order valence-electron chi connectivity index (χ4n) is 3.42. The van der Waals surface area contributed by atoms with Crippen LogP contribution in [0.2, 0.25) is 0 Å². The first-order valence-corrected chi connectivity index (χ1v) is 9.99. The highest BCUT2D eigenvalue weighted by Gasteiger charge is 2.10. The lowest BCUT2D eigenvalue weighted by molar-refractivity contribution is 0.0951. The van der Waals surface area contributed by atoms with E-state index in [0.29, 0.717) is 29.6 Å². The van der Waals surface area contributed by atoms with E-state index in [1.165, 1.54) is 5.56 Å². The van der Waals surface area contributed by atoms with Gasteiger partial charge < -0.3 is 9.88 Å². The number of carbonyl (C=O) groups excluding carboxylic acids is 1. The molecule has 0 saturated heterocycles. The highest BCUT2D eigenvalue weighted by Crippen LogP contribution is 2.14. The average molecular weight is 407 g/mol. The molecule has 0 aliphatic heterocycles. The first-order valence-electron chi connectivity index (χ1n) is 9.99. The van der Waals surface area contributed by atoms with Gasteiger partial charge in [-0.05, 0) is 53.8 Å². The Kier molecular flexibility index (Phi) is 5.63. The molecule has 0 aliphatic rings. The molecule has 5 heteroatoms. The summed E-state index contributed by atoms with van der Waals surface area (Å²) in [7, 11) is 0. The lowest BCUT2D eigenvalue weighted by Gasteiger charge is -2.10. The van der Waals surface area contributed by atoms with Gasteiger partial charge in [-0.15, -0.1) is 0 Å². The van der Waals surface area contributed by atoms with Crippen molar-refractivity contribution in [2.45, 2.75) is 20.0 Å². The van der Waals surface area contributed by atoms with Gasteiger partial charge in [-0.1, -0.05) is 48.0 Å². The second-order valence-corrected chi connectivity index (χ2v) is 7.53. The Hall–Kier alpha value is -4.17. The van der Waals surface area contributed by atoms with Crippen LogP contribution in [-0.4, -0.2) is 10.5 Å². The maximum Gasteiger partial charge on any atom is 0.258 e. The minimum Gasteiger partial charge on any atom is -0.348 e. The summed E-state index contributed by atoms with van der Waals surface area (Å²) >= 11 is 0. The molecule has 3 aromatic carbocycles. The molecule has 0 aliphatic carbocycles. The lowest BCUT2D eigenvalue weighted by atomic mass is 10.1. The molecule has 0 fully saturated rings. The molecule has 1 N–H and O–H groups in total. The van der Waals surface area contributed by atoms with Gasteiger partial charge >= 0.3 is 0 Å². The molecule has 0 radical (unpaired) electrons. The molecule has 4 rings (SSSR count). The van der Waals surface area contributed by atoms with E-state index in [4.69, 9.17) is 5.26 Å². The molecule has 0 spiro atoms. The molecule has 31 heavy (non-hydrogen) atoms. The summed E-state index contributed by atoms with van der Waals surface area (Å²) in [6, 6.07) is 24.3. The predicted octanol–water partition coefficient (Wildman–Crippen LogP) is 4.16. The van der Waals surface area contributed by atoms with E-state index < -0.39 is 0 Å². The van der Waals surface area contributed by atoms with E-state index in [-0.39, 0.29) is 11.5 Å². The van der Waals surface area contributed by atoms with Crippen LogP contribution in [0, 0.1) is 18.3 Å². The number of nitrogens with one attached hydrogen (secondary N) is 1. The van der Waals surface area contributed by atoms with Gasteiger partial charge in [-0.3, -0.25) is 9.59 Å². The summed E-state index contributed by atoms with van der Waals surface area (Å²) in [5.74, 6) is -0.218. The van der Waals surface area contributed by atoms with Gasteiger partial charge in [-0.25, -0.2) is 0 Å². The van der Waals surface area contributed by atoms with E-state index in [9.17, 15) is 9.59 Å². The van der Waals surface area contributed by atoms with Crippen molar-refractivity contribution in [3.8, 4) is 6.07 Å². The zero-order chi connectivity index (χ0) is 21.8. The van der Waals surface area contributed by atoms with Gasteiger partial charge in [0, 0.05) is 23.7 Å². The number of pyridine rings is 1. The van der Waals surface area contributed by atoms with Crippen LogP contribution >= 0.6 is 0 Å². The van der Waals surface area contributed by atoms with Crippen molar-refractivity contribution < 1.29 is 4.79 Å². The number of aromatic nitrogens is 1. The van der Waals surface area contributed by atoms with Gasteiger partial charge in [0.2, 0.25) is 0 Å². The summed E-state index contributed by atoms with van der Waals surface area (Å²) < 4.78 is 1.61. The highest BCUT2D eigenvalue weighted by atomic mass is 16.1. The largest absolute Gasteiger partial charge is 0.348 e. The van der Waals surface area contributed by atoms with Crippen LogP contribution in [0.15, 0.2) is 83.8 Å². The molecule has 0 atom stereocenters.